The Labute approximate surface area is 86.0 Å². The molecule has 0 aromatic carbocycles. The second-order valence-electron chi connectivity index (χ2n) is 4.10. The highest BCUT2D eigenvalue weighted by molar-refractivity contribution is 5.71. The van der Waals surface area contributed by atoms with E-state index in [9.17, 15) is 4.79 Å². The molecule has 0 aliphatic heterocycles. The third-order valence-electron chi connectivity index (χ3n) is 2.97. The van der Waals surface area contributed by atoms with Crippen LogP contribution in [0.3, 0.4) is 0 Å². The summed E-state index contributed by atoms with van der Waals surface area (Å²) >= 11 is 0. The molecule has 82 valence electrons. The number of carboxylic acid groups (broad SMARTS) is 1. The molecule has 14 heavy (non-hydrogen) atoms. The van der Waals surface area contributed by atoms with E-state index >= 15 is 0 Å². The van der Waals surface area contributed by atoms with Gasteiger partial charge < -0.3 is 10.8 Å². The maximum absolute atomic E-state index is 10.9. The van der Waals surface area contributed by atoms with Gasteiger partial charge in [-0.3, -0.25) is 4.79 Å². The minimum atomic E-state index is -0.829. The molecule has 0 saturated heterocycles. The van der Waals surface area contributed by atoms with Gasteiger partial charge in [0.25, 0.3) is 0 Å². The molecule has 0 saturated carbocycles. The second kappa shape index (κ2) is 5.81. The first-order valence-corrected chi connectivity index (χ1v) is 5.01. The van der Waals surface area contributed by atoms with Gasteiger partial charge in [-0.05, 0) is 17.8 Å². The van der Waals surface area contributed by atoms with Crippen LogP contribution in [0.15, 0.2) is 12.7 Å². The van der Waals surface area contributed by atoms with E-state index in [4.69, 9.17) is 10.8 Å². The van der Waals surface area contributed by atoms with Gasteiger partial charge in [0, 0.05) is 6.54 Å². The summed E-state index contributed by atoms with van der Waals surface area (Å²) in [6.07, 6.45) is 1.72. The fraction of sp³-hybridized carbons (Fsp3) is 0.727. The van der Waals surface area contributed by atoms with Crippen molar-refractivity contribution in [2.24, 2.45) is 29.4 Å². The maximum Gasteiger partial charge on any atom is 0.308 e. The smallest absolute Gasteiger partial charge is 0.308 e. The molecule has 0 radical (unpaired) electrons. The van der Waals surface area contributed by atoms with E-state index in [1.165, 1.54) is 0 Å². The van der Waals surface area contributed by atoms with Crippen molar-refractivity contribution in [1.29, 1.82) is 0 Å². The number of carboxylic acids is 1. The molecule has 0 aliphatic carbocycles. The highest BCUT2D eigenvalue weighted by atomic mass is 16.4. The van der Waals surface area contributed by atoms with Crippen LogP contribution in [-0.4, -0.2) is 17.6 Å². The molecule has 0 aliphatic rings. The zero-order valence-corrected chi connectivity index (χ0v) is 9.23. The molecule has 3 nitrogen and oxygen atoms in total. The summed E-state index contributed by atoms with van der Waals surface area (Å²) in [5.74, 6) is -0.657. The molecule has 0 fully saturated rings. The summed E-state index contributed by atoms with van der Waals surface area (Å²) in [6, 6.07) is 0. The van der Waals surface area contributed by atoms with Crippen LogP contribution < -0.4 is 5.73 Å². The van der Waals surface area contributed by atoms with Crippen molar-refractivity contribution in [3.05, 3.63) is 12.7 Å². The molecule has 0 spiro atoms. The zero-order valence-electron chi connectivity index (χ0n) is 9.23. The summed E-state index contributed by atoms with van der Waals surface area (Å²) in [5, 5.41) is 8.98. The van der Waals surface area contributed by atoms with Crippen LogP contribution >= 0.6 is 0 Å². The number of nitrogens with two attached hydrogens (primary N) is 1. The average Bonchev–Trinajstić information content (AvgIpc) is 2.11. The minimum Gasteiger partial charge on any atom is -0.481 e. The fourth-order valence-electron chi connectivity index (χ4n) is 1.61. The van der Waals surface area contributed by atoms with Crippen molar-refractivity contribution in [2.75, 3.05) is 6.54 Å². The lowest BCUT2D eigenvalue weighted by Crippen LogP contribution is -2.34. The van der Waals surface area contributed by atoms with Gasteiger partial charge in [-0.25, -0.2) is 0 Å². The monoisotopic (exact) mass is 199 g/mol. The highest BCUT2D eigenvalue weighted by Crippen LogP contribution is 2.27. The van der Waals surface area contributed by atoms with E-state index in [1.54, 1.807) is 6.08 Å². The molecular weight excluding hydrogens is 178 g/mol. The first kappa shape index (κ1) is 13.2. The molecule has 2 unspecified atom stereocenters. The number of hydrogen-bond donors (Lipinski definition) is 2. The lowest BCUT2D eigenvalue weighted by molar-refractivity contribution is -0.143. The summed E-state index contributed by atoms with van der Waals surface area (Å²) in [6.45, 7) is 10.1. The fourth-order valence-corrected chi connectivity index (χ4v) is 1.61. The summed E-state index contributed by atoms with van der Waals surface area (Å²) in [7, 11) is 0. The molecule has 0 aromatic heterocycles. The van der Waals surface area contributed by atoms with Crippen LogP contribution in [0.25, 0.3) is 0 Å². The molecule has 0 amide bonds. The van der Waals surface area contributed by atoms with Crippen LogP contribution in [0.1, 0.15) is 20.8 Å². The molecule has 0 heterocycles. The third-order valence-corrected chi connectivity index (χ3v) is 2.97. The summed E-state index contributed by atoms with van der Waals surface area (Å²) < 4.78 is 0. The Balaban J connectivity index is 4.67. The van der Waals surface area contributed by atoms with Crippen LogP contribution in [0.4, 0.5) is 0 Å². The van der Waals surface area contributed by atoms with Gasteiger partial charge in [0.2, 0.25) is 0 Å². The second-order valence-corrected chi connectivity index (χ2v) is 4.10. The zero-order chi connectivity index (χ0) is 11.3. The Bertz CT molecular complexity index is 201. The van der Waals surface area contributed by atoms with Crippen molar-refractivity contribution in [3.63, 3.8) is 0 Å². The van der Waals surface area contributed by atoms with Gasteiger partial charge in [0.05, 0.1) is 5.92 Å². The molecule has 3 heteroatoms. The lowest BCUT2D eigenvalue weighted by atomic mass is 9.77. The third kappa shape index (κ3) is 3.14. The Hall–Kier alpha value is -0.830. The average molecular weight is 199 g/mol. The Morgan fingerprint density at radius 3 is 2.21 bits per heavy atom. The van der Waals surface area contributed by atoms with Crippen molar-refractivity contribution in [2.45, 2.75) is 20.8 Å². The van der Waals surface area contributed by atoms with Crippen molar-refractivity contribution < 1.29 is 9.90 Å². The van der Waals surface area contributed by atoms with Crippen molar-refractivity contribution in [1.82, 2.24) is 0 Å². The van der Waals surface area contributed by atoms with E-state index in [1.807, 2.05) is 6.92 Å². The first-order chi connectivity index (χ1) is 6.45. The Morgan fingerprint density at radius 1 is 1.50 bits per heavy atom. The molecule has 3 N–H and O–H groups in total. The van der Waals surface area contributed by atoms with Gasteiger partial charge in [0.15, 0.2) is 0 Å². The topological polar surface area (TPSA) is 63.3 Å². The highest BCUT2D eigenvalue weighted by Gasteiger charge is 2.30. The van der Waals surface area contributed by atoms with E-state index in [0.29, 0.717) is 5.92 Å². The van der Waals surface area contributed by atoms with Crippen LogP contribution in [0.5, 0.6) is 0 Å². The van der Waals surface area contributed by atoms with Crippen LogP contribution in [0.2, 0.25) is 0 Å². The number of carbonyl (C=O) groups is 1. The SMILES string of the molecule is C=C[C@@H](C(CN)C(=O)O)C(C)C(C)C. The van der Waals surface area contributed by atoms with Gasteiger partial charge in [-0.1, -0.05) is 26.8 Å². The maximum atomic E-state index is 10.9. The largest absolute Gasteiger partial charge is 0.481 e. The van der Waals surface area contributed by atoms with Crippen LogP contribution in [-0.2, 0) is 4.79 Å². The molecule has 3 atom stereocenters. The summed E-state index contributed by atoms with van der Waals surface area (Å²) in [4.78, 5) is 10.9. The Morgan fingerprint density at radius 2 is 2.00 bits per heavy atom. The van der Waals surface area contributed by atoms with E-state index in [-0.39, 0.29) is 18.4 Å². The minimum absolute atomic E-state index is 0.0440. The lowest BCUT2D eigenvalue weighted by Gasteiger charge is -2.28. The predicted molar refractivity (Wildman–Crippen MR) is 57.9 cm³/mol. The van der Waals surface area contributed by atoms with E-state index < -0.39 is 11.9 Å². The number of allylic oxidation sites excluding steroid dienone is 1. The quantitative estimate of drug-likeness (QED) is 0.640. The predicted octanol–water partition coefficient (Wildman–Crippen LogP) is 1.74. The van der Waals surface area contributed by atoms with Gasteiger partial charge in [0.1, 0.15) is 0 Å². The first-order valence-electron chi connectivity index (χ1n) is 5.01. The number of aliphatic carboxylic acids is 1. The summed E-state index contributed by atoms with van der Waals surface area (Å²) in [5.41, 5.74) is 5.46. The van der Waals surface area contributed by atoms with Crippen LogP contribution in [0, 0.1) is 23.7 Å². The molecule has 0 aromatic rings. The van der Waals surface area contributed by atoms with Crippen molar-refractivity contribution >= 4 is 5.97 Å². The number of hydrogen-bond acceptors (Lipinski definition) is 2. The standard InChI is InChI=1S/C11H21NO2/c1-5-9(8(4)7(2)3)10(6-12)11(13)14/h5,7-10H,1,6,12H2,2-4H3,(H,13,14)/t8?,9-,10?/m1/s1. The van der Waals surface area contributed by atoms with Gasteiger partial charge in [-0.15, -0.1) is 6.58 Å². The molecular formula is C11H21NO2. The van der Waals surface area contributed by atoms with Gasteiger partial charge in [-0.2, -0.15) is 0 Å². The van der Waals surface area contributed by atoms with E-state index in [2.05, 4.69) is 20.4 Å². The molecule has 0 rings (SSSR count). The normalized spacial score (nSPS) is 17.5. The number of rotatable bonds is 6. The van der Waals surface area contributed by atoms with E-state index in [0.717, 1.165) is 0 Å². The molecule has 0 bridgehead atoms. The van der Waals surface area contributed by atoms with Crippen molar-refractivity contribution in [3.8, 4) is 0 Å². The Kier molecular flexibility index (Phi) is 5.46. The van der Waals surface area contributed by atoms with Gasteiger partial charge >= 0.3 is 5.97 Å².